The molecule has 0 aliphatic rings. The predicted octanol–water partition coefficient (Wildman–Crippen LogP) is 1.82. The van der Waals surface area contributed by atoms with Crippen LogP contribution in [0.3, 0.4) is 0 Å². The largest absolute Gasteiger partial charge is 0.347 e. The topological polar surface area (TPSA) is 92.2 Å². The van der Waals surface area contributed by atoms with Gasteiger partial charge in [-0.1, -0.05) is 6.07 Å². The summed E-state index contributed by atoms with van der Waals surface area (Å²) in [6, 6.07) is 12.4. The molecule has 23 heavy (non-hydrogen) atoms. The molecule has 1 aromatic carbocycles. The van der Waals surface area contributed by atoms with Crippen molar-refractivity contribution < 1.29 is 4.79 Å². The molecule has 7 nitrogen and oxygen atoms in total. The van der Waals surface area contributed by atoms with Gasteiger partial charge >= 0.3 is 5.69 Å². The first-order valence-electron chi connectivity index (χ1n) is 6.95. The van der Waals surface area contributed by atoms with Gasteiger partial charge in [-0.3, -0.25) is 9.78 Å². The van der Waals surface area contributed by atoms with Crippen molar-refractivity contribution in [2.24, 2.45) is 0 Å². The number of aromatic nitrogens is 4. The van der Waals surface area contributed by atoms with Gasteiger partial charge < -0.3 is 5.32 Å². The highest BCUT2D eigenvalue weighted by molar-refractivity contribution is 6.11. The second-order valence-corrected chi connectivity index (χ2v) is 4.97. The van der Waals surface area contributed by atoms with Crippen LogP contribution in [0.2, 0.25) is 0 Å². The Morgan fingerprint density at radius 1 is 1.13 bits per heavy atom. The second-order valence-electron chi connectivity index (χ2n) is 4.97. The Bertz CT molecular complexity index is 1090. The molecule has 0 spiro atoms. The number of amides is 1. The minimum atomic E-state index is -0.385. The molecule has 4 rings (SSSR count). The molecule has 4 aromatic rings. The molecular weight excluding hydrogens is 294 g/mol. The number of rotatable bonds is 2. The molecule has 7 heteroatoms. The highest BCUT2D eigenvalue weighted by Crippen LogP contribution is 2.22. The Morgan fingerprint density at radius 3 is 2.96 bits per heavy atom. The third-order valence-electron chi connectivity index (χ3n) is 3.58. The maximum atomic E-state index is 12.6. The fourth-order valence-corrected chi connectivity index (χ4v) is 2.51. The number of nitrogens with one attached hydrogen (secondary N) is 2. The lowest BCUT2D eigenvalue weighted by Crippen LogP contribution is -2.15. The van der Waals surface area contributed by atoms with E-state index in [9.17, 15) is 9.59 Å². The van der Waals surface area contributed by atoms with Crippen LogP contribution in [0.4, 0.5) is 5.69 Å². The standard InChI is InChI=1S/C16H11N5O2/c22-15(11-5-3-9-21-14(11)19-20-16(21)23)18-13-7-1-6-12-10(13)4-2-8-17-12/h1-9H,(H,18,22)(H,20,23). The molecule has 112 valence electrons. The summed E-state index contributed by atoms with van der Waals surface area (Å²) >= 11 is 0. The van der Waals surface area contributed by atoms with Gasteiger partial charge in [-0.2, -0.15) is 5.10 Å². The van der Waals surface area contributed by atoms with Gasteiger partial charge in [0.05, 0.1) is 16.8 Å². The van der Waals surface area contributed by atoms with Crippen molar-refractivity contribution in [3.63, 3.8) is 0 Å². The van der Waals surface area contributed by atoms with Gasteiger partial charge in [0.2, 0.25) is 0 Å². The zero-order valence-corrected chi connectivity index (χ0v) is 11.9. The zero-order chi connectivity index (χ0) is 15.8. The Kier molecular flexibility index (Phi) is 2.90. The van der Waals surface area contributed by atoms with E-state index in [2.05, 4.69) is 20.5 Å². The van der Waals surface area contributed by atoms with E-state index in [0.717, 1.165) is 10.9 Å². The van der Waals surface area contributed by atoms with E-state index < -0.39 is 0 Å². The first kappa shape index (κ1) is 13.2. The second kappa shape index (κ2) is 5.06. The summed E-state index contributed by atoms with van der Waals surface area (Å²) in [6.45, 7) is 0. The number of benzene rings is 1. The van der Waals surface area contributed by atoms with Crippen LogP contribution in [0.5, 0.6) is 0 Å². The van der Waals surface area contributed by atoms with E-state index in [-0.39, 0.29) is 17.2 Å². The molecule has 3 heterocycles. The number of fused-ring (bicyclic) bond motifs is 2. The number of H-pyrrole nitrogens is 1. The van der Waals surface area contributed by atoms with Gasteiger partial charge in [0.25, 0.3) is 5.91 Å². The van der Waals surface area contributed by atoms with E-state index in [1.807, 2.05) is 24.3 Å². The van der Waals surface area contributed by atoms with Crippen molar-refractivity contribution in [2.75, 3.05) is 5.32 Å². The maximum absolute atomic E-state index is 12.6. The van der Waals surface area contributed by atoms with Crippen LogP contribution in [-0.2, 0) is 0 Å². The van der Waals surface area contributed by atoms with Crippen molar-refractivity contribution >= 4 is 28.1 Å². The van der Waals surface area contributed by atoms with E-state index in [0.29, 0.717) is 11.3 Å². The van der Waals surface area contributed by atoms with Gasteiger partial charge in [0.1, 0.15) is 0 Å². The lowest BCUT2D eigenvalue weighted by Gasteiger charge is -2.08. The number of hydrogen-bond donors (Lipinski definition) is 2. The van der Waals surface area contributed by atoms with Crippen LogP contribution >= 0.6 is 0 Å². The lowest BCUT2D eigenvalue weighted by atomic mass is 10.1. The van der Waals surface area contributed by atoms with E-state index in [1.165, 1.54) is 4.40 Å². The number of hydrogen-bond acceptors (Lipinski definition) is 4. The van der Waals surface area contributed by atoms with Gasteiger partial charge in [-0.15, -0.1) is 0 Å². The number of carbonyl (C=O) groups is 1. The Balaban J connectivity index is 1.78. The minimum Gasteiger partial charge on any atom is -0.321 e. The SMILES string of the molecule is O=C(Nc1cccc2ncccc12)c1cccn2c(=O)[nH]nc12. The summed E-state index contributed by atoms with van der Waals surface area (Å²) in [6.07, 6.45) is 3.25. The smallest absolute Gasteiger partial charge is 0.321 e. The Morgan fingerprint density at radius 2 is 2.04 bits per heavy atom. The monoisotopic (exact) mass is 305 g/mol. The van der Waals surface area contributed by atoms with Crippen LogP contribution in [0.1, 0.15) is 10.4 Å². The average Bonchev–Trinajstić information content (AvgIpc) is 2.96. The summed E-state index contributed by atoms with van der Waals surface area (Å²) in [5.74, 6) is -0.342. The summed E-state index contributed by atoms with van der Waals surface area (Å²) in [7, 11) is 0. The van der Waals surface area contributed by atoms with Crippen molar-refractivity contribution in [3.8, 4) is 0 Å². The number of aromatic amines is 1. The molecule has 0 bridgehead atoms. The summed E-state index contributed by atoms with van der Waals surface area (Å²) in [5, 5.41) is 9.93. The summed E-state index contributed by atoms with van der Waals surface area (Å²) in [5.41, 5.74) is 1.66. The van der Waals surface area contributed by atoms with Crippen molar-refractivity contribution in [1.29, 1.82) is 0 Å². The molecule has 0 fully saturated rings. The van der Waals surface area contributed by atoms with Gasteiger partial charge in [-0.25, -0.2) is 14.3 Å². The quantitative estimate of drug-likeness (QED) is 0.591. The Labute approximate surface area is 129 Å². The first-order chi connectivity index (χ1) is 11.2. The zero-order valence-electron chi connectivity index (χ0n) is 11.9. The predicted molar refractivity (Wildman–Crippen MR) is 85.5 cm³/mol. The Hall–Kier alpha value is -3.48. The summed E-state index contributed by atoms with van der Waals surface area (Å²) < 4.78 is 1.29. The lowest BCUT2D eigenvalue weighted by molar-refractivity contribution is 0.102. The van der Waals surface area contributed by atoms with Gasteiger partial charge in [0.15, 0.2) is 5.65 Å². The van der Waals surface area contributed by atoms with Crippen molar-refractivity contribution in [3.05, 3.63) is 70.9 Å². The van der Waals surface area contributed by atoms with Crippen molar-refractivity contribution in [1.82, 2.24) is 19.6 Å². The van der Waals surface area contributed by atoms with Crippen LogP contribution < -0.4 is 11.0 Å². The highest BCUT2D eigenvalue weighted by atomic mass is 16.2. The van der Waals surface area contributed by atoms with Crippen LogP contribution in [0.15, 0.2) is 59.7 Å². The summed E-state index contributed by atoms with van der Waals surface area (Å²) in [4.78, 5) is 28.4. The molecule has 3 aromatic heterocycles. The maximum Gasteiger partial charge on any atom is 0.347 e. The first-order valence-corrected chi connectivity index (χ1v) is 6.95. The molecule has 0 saturated heterocycles. The van der Waals surface area contributed by atoms with E-state index in [1.54, 1.807) is 30.6 Å². The highest BCUT2D eigenvalue weighted by Gasteiger charge is 2.14. The minimum absolute atomic E-state index is 0.286. The third-order valence-corrected chi connectivity index (χ3v) is 3.58. The van der Waals surface area contributed by atoms with Gasteiger partial charge in [-0.05, 0) is 36.4 Å². The van der Waals surface area contributed by atoms with Crippen molar-refractivity contribution in [2.45, 2.75) is 0 Å². The molecular formula is C16H11N5O2. The molecule has 0 unspecified atom stereocenters. The molecule has 2 N–H and O–H groups in total. The normalized spacial score (nSPS) is 11.0. The number of pyridine rings is 2. The van der Waals surface area contributed by atoms with Crippen LogP contribution in [-0.4, -0.2) is 25.5 Å². The average molecular weight is 305 g/mol. The van der Waals surface area contributed by atoms with Crippen LogP contribution in [0.25, 0.3) is 16.6 Å². The third kappa shape index (κ3) is 2.15. The van der Waals surface area contributed by atoms with Crippen LogP contribution in [0, 0.1) is 0 Å². The van der Waals surface area contributed by atoms with E-state index in [4.69, 9.17) is 0 Å². The van der Waals surface area contributed by atoms with Gasteiger partial charge in [0, 0.05) is 17.8 Å². The molecule has 0 saturated carbocycles. The molecule has 0 aliphatic heterocycles. The molecule has 0 atom stereocenters. The fourth-order valence-electron chi connectivity index (χ4n) is 2.51. The number of carbonyl (C=O) groups excluding carboxylic acids is 1. The fraction of sp³-hybridized carbons (Fsp3) is 0. The molecule has 0 radical (unpaired) electrons. The van der Waals surface area contributed by atoms with E-state index >= 15 is 0 Å². The molecule has 1 amide bonds. The number of nitrogens with zero attached hydrogens (tertiary/aromatic N) is 3. The number of anilines is 1. The molecule has 0 aliphatic carbocycles.